The third-order valence-electron chi connectivity index (χ3n) is 3.27. The van der Waals surface area contributed by atoms with Gasteiger partial charge in [-0.25, -0.2) is 0 Å². The molecular formula is C14H24N2O. The van der Waals surface area contributed by atoms with Gasteiger partial charge in [0.1, 0.15) is 6.04 Å². The van der Waals surface area contributed by atoms with Gasteiger partial charge < -0.3 is 5.32 Å². The summed E-state index contributed by atoms with van der Waals surface area (Å²) in [6.45, 7) is 6.11. The van der Waals surface area contributed by atoms with E-state index in [-0.39, 0.29) is 17.4 Å². The van der Waals surface area contributed by atoms with Crippen LogP contribution in [0.5, 0.6) is 0 Å². The van der Waals surface area contributed by atoms with Crippen molar-refractivity contribution in [2.24, 2.45) is 11.3 Å². The Morgan fingerprint density at radius 3 is 2.41 bits per heavy atom. The number of nitriles is 1. The molecule has 1 aliphatic rings. The minimum Gasteiger partial charge on any atom is -0.340 e. The molecule has 1 amide bonds. The van der Waals surface area contributed by atoms with Gasteiger partial charge >= 0.3 is 0 Å². The summed E-state index contributed by atoms with van der Waals surface area (Å²) in [6.07, 6.45) is 6.29. The van der Waals surface area contributed by atoms with Crippen LogP contribution >= 0.6 is 0 Å². The second kappa shape index (κ2) is 6.05. The Hall–Kier alpha value is -1.04. The average molecular weight is 236 g/mol. The van der Waals surface area contributed by atoms with Crippen molar-refractivity contribution in [3.8, 4) is 6.07 Å². The van der Waals surface area contributed by atoms with Crippen molar-refractivity contribution in [1.82, 2.24) is 5.32 Å². The number of carbonyl (C=O) groups excluding carboxylic acids is 1. The second-order valence-corrected chi connectivity index (χ2v) is 6.31. The molecule has 0 saturated heterocycles. The maximum Gasteiger partial charge on any atom is 0.221 e. The second-order valence-electron chi connectivity index (χ2n) is 6.31. The normalized spacial score (nSPS) is 19.4. The first-order valence-electron chi connectivity index (χ1n) is 6.61. The molecule has 0 spiro atoms. The summed E-state index contributed by atoms with van der Waals surface area (Å²) < 4.78 is 0. The fraction of sp³-hybridized carbons (Fsp3) is 0.857. The van der Waals surface area contributed by atoms with Gasteiger partial charge in [-0.1, -0.05) is 40.0 Å². The summed E-state index contributed by atoms with van der Waals surface area (Å²) in [4.78, 5) is 11.8. The molecule has 17 heavy (non-hydrogen) atoms. The standard InChI is InChI=1S/C14H24N2O/c1-14(2,3)9-13(17)16-12(10-15)11-7-5-4-6-8-11/h11-12H,4-9H2,1-3H3,(H,16,17). The lowest BCUT2D eigenvalue weighted by Crippen LogP contribution is -2.41. The van der Waals surface area contributed by atoms with Crippen LogP contribution in [-0.4, -0.2) is 11.9 Å². The molecule has 0 aliphatic heterocycles. The highest BCUT2D eigenvalue weighted by molar-refractivity contribution is 5.77. The van der Waals surface area contributed by atoms with Gasteiger partial charge in [-0.2, -0.15) is 5.26 Å². The minimum atomic E-state index is -0.287. The Bertz CT molecular complexity index is 292. The molecule has 1 aliphatic carbocycles. The van der Waals surface area contributed by atoms with Crippen molar-refractivity contribution in [2.45, 2.75) is 65.3 Å². The summed E-state index contributed by atoms with van der Waals surface area (Å²) in [5.74, 6) is 0.368. The van der Waals surface area contributed by atoms with E-state index in [0.717, 1.165) is 12.8 Å². The molecule has 0 aromatic heterocycles. The van der Waals surface area contributed by atoms with Crippen molar-refractivity contribution >= 4 is 5.91 Å². The van der Waals surface area contributed by atoms with Crippen LogP contribution in [0.3, 0.4) is 0 Å². The largest absolute Gasteiger partial charge is 0.340 e. The fourth-order valence-corrected chi connectivity index (χ4v) is 2.43. The number of hydrogen-bond acceptors (Lipinski definition) is 2. The van der Waals surface area contributed by atoms with Crippen LogP contribution in [0.2, 0.25) is 0 Å². The highest BCUT2D eigenvalue weighted by Crippen LogP contribution is 2.26. The molecule has 1 fully saturated rings. The molecule has 1 atom stereocenters. The molecule has 0 aromatic carbocycles. The lowest BCUT2D eigenvalue weighted by molar-refractivity contribution is -0.123. The summed E-state index contributed by atoms with van der Waals surface area (Å²) in [6, 6.07) is 1.97. The zero-order valence-corrected chi connectivity index (χ0v) is 11.3. The molecule has 0 aromatic rings. The number of nitrogens with zero attached hydrogens (tertiary/aromatic N) is 1. The van der Waals surface area contributed by atoms with E-state index in [4.69, 9.17) is 5.26 Å². The zero-order valence-electron chi connectivity index (χ0n) is 11.3. The lowest BCUT2D eigenvalue weighted by atomic mass is 9.84. The van der Waals surface area contributed by atoms with E-state index >= 15 is 0 Å². The van der Waals surface area contributed by atoms with E-state index in [0.29, 0.717) is 12.3 Å². The Morgan fingerprint density at radius 2 is 1.94 bits per heavy atom. The van der Waals surface area contributed by atoms with Gasteiger partial charge in [-0.3, -0.25) is 4.79 Å². The highest BCUT2D eigenvalue weighted by atomic mass is 16.1. The van der Waals surface area contributed by atoms with Crippen molar-refractivity contribution in [3.63, 3.8) is 0 Å². The van der Waals surface area contributed by atoms with Crippen LogP contribution in [0, 0.1) is 22.7 Å². The van der Waals surface area contributed by atoms with Gasteiger partial charge in [0.05, 0.1) is 6.07 Å². The van der Waals surface area contributed by atoms with E-state index in [9.17, 15) is 4.79 Å². The predicted molar refractivity (Wildman–Crippen MR) is 68.2 cm³/mol. The van der Waals surface area contributed by atoms with Gasteiger partial charge in [0.15, 0.2) is 0 Å². The first kappa shape index (κ1) is 14.0. The molecule has 3 nitrogen and oxygen atoms in total. The van der Waals surface area contributed by atoms with E-state index in [1.54, 1.807) is 0 Å². The zero-order chi connectivity index (χ0) is 12.9. The third-order valence-corrected chi connectivity index (χ3v) is 3.27. The van der Waals surface area contributed by atoms with Crippen LogP contribution in [0.1, 0.15) is 59.3 Å². The fourth-order valence-electron chi connectivity index (χ4n) is 2.43. The Kier molecular flexibility index (Phi) is 4.99. The summed E-state index contributed by atoms with van der Waals surface area (Å²) in [7, 11) is 0. The minimum absolute atomic E-state index is 0.00891. The van der Waals surface area contributed by atoms with Crippen LogP contribution in [0.4, 0.5) is 0 Å². The van der Waals surface area contributed by atoms with E-state index in [2.05, 4.69) is 11.4 Å². The summed E-state index contributed by atoms with van der Waals surface area (Å²) in [5, 5.41) is 12.1. The molecule has 1 saturated carbocycles. The van der Waals surface area contributed by atoms with Gasteiger partial charge in [0.25, 0.3) is 0 Å². The Balaban J connectivity index is 2.46. The van der Waals surface area contributed by atoms with Crippen molar-refractivity contribution in [2.75, 3.05) is 0 Å². The van der Waals surface area contributed by atoms with E-state index < -0.39 is 0 Å². The molecule has 3 heteroatoms. The van der Waals surface area contributed by atoms with E-state index in [1.165, 1.54) is 19.3 Å². The molecule has 1 unspecified atom stereocenters. The molecule has 96 valence electrons. The first-order valence-corrected chi connectivity index (χ1v) is 6.61. The first-order chi connectivity index (χ1) is 7.92. The quantitative estimate of drug-likeness (QED) is 0.819. The summed E-state index contributed by atoms with van der Waals surface area (Å²) >= 11 is 0. The summed E-state index contributed by atoms with van der Waals surface area (Å²) in [5.41, 5.74) is -0.0172. The van der Waals surface area contributed by atoms with Gasteiger partial charge in [-0.15, -0.1) is 0 Å². The lowest BCUT2D eigenvalue weighted by Gasteiger charge is -2.27. The topological polar surface area (TPSA) is 52.9 Å². The number of hydrogen-bond donors (Lipinski definition) is 1. The van der Waals surface area contributed by atoms with Crippen molar-refractivity contribution in [3.05, 3.63) is 0 Å². The molecule has 1 rings (SSSR count). The molecule has 0 bridgehead atoms. The Morgan fingerprint density at radius 1 is 1.35 bits per heavy atom. The maximum absolute atomic E-state index is 11.8. The average Bonchev–Trinajstić information content (AvgIpc) is 2.24. The van der Waals surface area contributed by atoms with Gasteiger partial charge in [-0.05, 0) is 24.2 Å². The molecular weight excluding hydrogens is 212 g/mol. The predicted octanol–water partition coefficient (Wildman–Crippen LogP) is 3.01. The third kappa shape index (κ3) is 5.21. The number of rotatable bonds is 3. The Labute approximate surface area is 105 Å². The monoisotopic (exact) mass is 236 g/mol. The smallest absolute Gasteiger partial charge is 0.221 e. The van der Waals surface area contributed by atoms with Gasteiger partial charge in [0.2, 0.25) is 5.91 Å². The maximum atomic E-state index is 11.8. The SMILES string of the molecule is CC(C)(C)CC(=O)NC(C#N)C1CCCCC1. The van der Waals surface area contributed by atoms with Crippen LogP contribution in [0.15, 0.2) is 0 Å². The number of carbonyl (C=O) groups is 1. The molecule has 1 N–H and O–H groups in total. The van der Waals surface area contributed by atoms with Crippen molar-refractivity contribution in [1.29, 1.82) is 5.26 Å². The van der Waals surface area contributed by atoms with Crippen LogP contribution in [0.25, 0.3) is 0 Å². The highest BCUT2D eigenvalue weighted by Gasteiger charge is 2.26. The van der Waals surface area contributed by atoms with E-state index in [1.807, 2.05) is 20.8 Å². The number of nitrogens with one attached hydrogen (secondary N) is 1. The molecule has 0 heterocycles. The molecule has 0 radical (unpaired) electrons. The van der Waals surface area contributed by atoms with Crippen molar-refractivity contribution < 1.29 is 4.79 Å². The van der Waals surface area contributed by atoms with Gasteiger partial charge in [0, 0.05) is 6.42 Å². The number of amides is 1. The van der Waals surface area contributed by atoms with Crippen LogP contribution in [-0.2, 0) is 4.79 Å². The van der Waals surface area contributed by atoms with Crippen LogP contribution < -0.4 is 5.32 Å².